The maximum absolute atomic E-state index is 9.83. The molecule has 0 aliphatic rings. The SMILES string of the molecule is [Ag+].[N-]=C=C(N=O)C(N)=O. The fourth-order valence-electron chi connectivity index (χ4n) is 0.120. The second kappa shape index (κ2) is 5.40. The van der Waals surface area contributed by atoms with Crippen molar-refractivity contribution >= 4 is 11.8 Å². The summed E-state index contributed by atoms with van der Waals surface area (Å²) in [7, 11) is 0. The summed E-state index contributed by atoms with van der Waals surface area (Å²) in [5, 5.41) is 9.85. The third-order valence-electron chi connectivity index (χ3n) is 0.431. The van der Waals surface area contributed by atoms with E-state index in [0.717, 1.165) is 0 Å². The first-order chi connectivity index (χ1) is 3.72. The van der Waals surface area contributed by atoms with E-state index in [1.807, 2.05) is 5.18 Å². The van der Waals surface area contributed by atoms with E-state index in [2.05, 4.69) is 5.73 Å². The van der Waals surface area contributed by atoms with Crippen LogP contribution in [0.1, 0.15) is 0 Å². The minimum Gasteiger partial charge on any atom is -0.761 e. The predicted molar refractivity (Wildman–Crippen MR) is 26.9 cm³/mol. The first kappa shape index (κ1) is 11.1. The average Bonchev–Trinajstić information content (AvgIpc) is 1.69. The van der Waals surface area contributed by atoms with Gasteiger partial charge in [0.2, 0.25) is 0 Å². The Morgan fingerprint density at radius 1 is 1.67 bits per heavy atom. The van der Waals surface area contributed by atoms with Gasteiger partial charge in [0.05, 0.1) is 0 Å². The number of nitroso groups, excluding NO2 is 1. The summed E-state index contributed by atoms with van der Waals surface area (Å²) >= 11 is 0. The molecule has 6 heteroatoms. The van der Waals surface area contributed by atoms with Crippen molar-refractivity contribution in [1.82, 2.24) is 0 Å². The summed E-state index contributed by atoms with van der Waals surface area (Å²) in [4.78, 5) is 19.2. The Kier molecular flexibility index (Phi) is 6.66. The predicted octanol–water partition coefficient (Wildman–Crippen LogP) is -0.641. The molecule has 0 aliphatic carbocycles. The second-order valence-corrected chi connectivity index (χ2v) is 0.916. The van der Waals surface area contributed by atoms with Crippen LogP contribution in [-0.4, -0.2) is 11.8 Å². The molecule has 0 aromatic rings. The van der Waals surface area contributed by atoms with E-state index < -0.39 is 11.6 Å². The number of rotatable bonds is 2. The second-order valence-electron chi connectivity index (χ2n) is 0.916. The van der Waals surface area contributed by atoms with Crippen LogP contribution in [0.2, 0.25) is 0 Å². The van der Waals surface area contributed by atoms with Crippen LogP contribution in [0.25, 0.3) is 5.41 Å². The third kappa shape index (κ3) is 3.81. The van der Waals surface area contributed by atoms with Crippen LogP contribution in [0.15, 0.2) is 10.9 Å². The molecule has 0 bridgehead atoms. The van der Waals surface area contributed by atoms with Crippen molar-refractivity contribution in [2.75, 3.05) is 0 Å². The van der Waals surface area contributed by atoms with Gasteiger partial charge in [0.1, 0.15) is 0 Å². The minimum atomic E-state index is -1.09. The van der Waals surface area contributed by atoms with Gasteiger partial charge in [-0.25, -0.2) is 5.87 Å². The molecule has 0 saturated carbocycles. The third-order valence-corrected chi connectivity index (χ3v) is 0.431. The fourth-order valence-corrected chi connectivity index (χ4v) is 0.120. The molecule has 0 unspecified atom stereocenters. The van der Waals surface area contributed by atoms with Gasteiger partial charge >= 0.3 is 22.4 Å². The van der Waals surface area contributed by atoms with Gasteiger partial charge in [-0.05, 0) is 5.18 Å². The van der Waals surface area contributed by atoms with Gasteiger partial charge in [-0.15, -0.1) is 4.91 Å². The summed E-state index contributed by atoms with van der Waals surface area (Å²) in [6, 6.07) is 0. The molecule has 9 heavy (non-hydrogen) atoms. The number of amides is 1. The van der Waals surface area contributed by atoms with Gasteiger partial charge < -0.3 is 11.1 Å². The Hall–Kier alpha value is -0.740. The van der Waals surface area contributed by atoms with Crippen molar-refractivity contribution in [3.8, 4) is 0 Å². The standard InChI is InChI=1S/C3H2N3O2.Ag/c4-1-2(6-8)3(5)7;/h(H2,5,7);/q-1;+1. The van der Waals surface area contributed by atoms with E-state index in [9.17, 15) is 9.70 Å². The van der Waals surface area contributed by atoms with Gasteiger partial charge in [0.15, 0.2) is 5.70 Å². The molecule has 0 aliphatic heterocycles. The molecule has 0 spiro atoms. The molecular weight excluding hydrogens is 218 g/mol. The molecule has 1 amide bonds. The normalized spacial score (nSPS) is 6.22. The van der Waals surface area contributed by atoms with Crippen molar-refractivity contribution in [2.45, 2.75) is 0 Å². The van der Waals surface area contributed by atoms with Gasteiger partial charge in [-0.2, -0.15) is 0 Å². The summed E-state index contributed by atoms with van der Waals surface area (Å²) in [5.74, 6) is 0.119. The number of primary amides is 1. The van der Waals surface area contributed by atoms with Crippen LogP contribution in [-0.2, 0) is 27.2 Å². The summed E-state index contributed by atoms with van der Waals surface area (Å²) < 4.78 is 0. The first-order valence-corrected chi connectivity index (χ1v) is 1.62. The van der Waals surface area contributed by atoms with Gasteiger partial charge in [-0.3, -0.25) is 4.79 Å². The quantitative estimate of drug-likeness (QED) is 0.290. The number of nitrogens with two attached hydrogens (primary N) is 1. The Morgan fingerprint density at radius 3 is 2.11 bits per heavy atom. The van der Waals surface area contributed by atoms with E-state index in [1.54, 1.807) is 0 Å². The van der Waals surface area contributed by atoms with Gasteiger partial charge in [0, 0.05) is 0 Å². The maximum Gasteiger partial charge on any atom is 1.00 e. The van der Waals surface area contributed by atoms with Crippen LogP contribution in [0.5, 0.6) is 0 Å². The minimum absolute atomic E-state index is 0. The molecule has 2 N–H and O–H groups in total. The van der Waals surface area contributed by atoms with E-state index in [0.29, 0.717) is 0 Å². The summed E-state index contributed by atoms with van der Waals surface area (Å²) in [6.07, 6.45) is 0. The van der Waals surface area contributed by atoms with Gasteiger partial charge in [0.25, 0.3) is 5.91 Å². The molecule has 0 fully saturated rings. The number of nitrogens with zero attached hydrogens (tertiary/aromatic N) is 2. The molecule has 0 radical (unpaired) electrons. The number of carbonyl (C=O) groups excluding carboxylic acids is 1. The molecule has 0 atom stereocenters. The summed E-state index contributed by atoms with van der Waals surface area (Å²) in [5.41, 5.74) is 3.66. The Bertz CT molecular complexity index is 172. The van der Waals surface area contributed by atoms with Crippen LogP contribution in [0.3, 0.4) is 0 Å². The van der Waals surface area contributed by atoms with Crippen molar-refractivity contribution in [3.05, 3.63) is 16.0 Å². The number of hydrogen-bond acceptors (Lipinski definition) is 3. The van der Waals surface area contributed by atoms with E-state index in [-0.39, 0.29) is 22.4 Å². The molecule has 0 aromatic heterocycles. The monoisotopic (exact) mass is 219 g/mol. The van der Waals surface area contributed by atoms with Crippen LogP contribution < -0.4 is 5.73 Å². The molecule has 0 aromatic carbocycles. The Balaban J connectivity index is 0. The molecule has 0 heterocycles. The molecular formula is C3H2AgN3O2. The van der Waals surface area contributed by atoms with Crippen molar-refractivity contribution in [2.24, 2.45) is 10.9 Å². The van der Waals surface area contributed by atoms with Crippen LogP contribution >= 0.6 is 0 Å². The zero-order valence-electron chi connectivity index (χ0n) is 4.09. The van der Waals surface area contributed by atoms with Crippen molar-refractivity contribution in [1.29, 1.82) is 0 Å². The molecule has 0 saturated heterocycles. The largest absolute Gasteiger partial charge is 1.00 e. The van der Waals surface area contributed by atoms with Crippen LogP contribution in [0, 0.1) is 4.91 Å². The van der Waals surface area contributed by atoms with E-state index in [1.165, 1.54) is 5.87 Å². The smallest absolute Gasteiger partial charge is 0.761 e. The van der Waals surface area contributed by atoms with Crippen molar-refractivity contribution in [3.63, 3.8) is 0 Å². The molecule has 5 nitrogen and oxygen atoms in total. The summed E-state index contributed by atoms with van der Waals surface area (Å²) in [6.45, 7) is 0. The molecule has 0 rings (SSSR count). The fraction of sp³-hybridized carbons (Fsp3) is 0. The number of carbonyl (C=O) groups is 1. The average molecular weight is 220 g/mol. The topological polar surface area (TPSA) is 94.8 Å². The van der Waals surface area contributed by atoms with Crippen molar-refractivity contribution < 1.29 is 27.2 Å². The molecule has 52 valence electrons. The first-order valence-electron chi connectivity index (χ1n) is 1.62. The Morgan fingerprint density at radius 2 is 2.11 bits per heavy atom. The maximum atomic E-state index is 9.83. The zero-order chi connectivity index (χ0) is 6.57. The van der Waals surface area contributed by atoms with Gasteiger partial charge in [-0.1, -0.05) is 0 Å². The van der Waals surface area contributed by atoms with Crippen LogP contribution in [0.4, 0.5) is 0 Å². The van der Waals surface area contributed by atoms with E-state index in [4.69, 9.17) is 5.41 Å². The van der Waals surface area contributed by atoms with E-state index >= 15 is 0 Å². The Labute approximate surface area is 66.3 Å². The number of hydrogen-bond donors (Lipinski definition) is 1. The zero-order valence-corrected chi connectivity index (χ0v) is 5.57.